The molecule has 152 valence electrons. The third-order valence-corrected chi connectivity index (χ3v) is 4.96. The van der Waals surface area contributed by atoms with Crippen molar-refractivity contribution in [1.29, 1.82) is 0 Å². The highest BCUT2D eigenvalue weighted by atomic mass is 35.5. The van der Waals surface area contributed by atoms with Crippen LogP contribution in [0, 0.1) is 5.82 Å². The number of aliphatic imine (C=N–C) groups is 2. The molecule has 6 nitrogen and oxygen atoms in total. The Morgan fingerprint density at radius 3 is 2.66 bits per heavy atom. The average molecular weight is 416 g/mol. The standard InChI is InChI=1S/C21H23ClFN5O/c22-16(2-1-9-26-21(24)25)12-27-20(29)19-11-15-4-3-14(10-18(15)28-19)13-5-7-17(23)8-6-13/h3-8,10,16H,1-2,9,11-12H2,(H,27,29)(H4,24,25,26)/t16-/m0/s1. The molecule has 0 spiro atoms. The van der Waals surface area contributed by atoms with Crippen LogP contribution in [0.3, 0.4) is 0 Å². The highest BCUT2D eigenvalue weighted by Crippen LogP contribution is 2.32. The van der Waals surface area contributed by atoms with E-state index in [0.717, 1.165) is 28.8 Å². The minimum Gasteiger partial charge on any atom is -0.370 e. The lowest BCUT2D eigenvalue weighted by Gasteiger charge is -2.10. The summed E-state index contributed by atoms with van der Waals surface area (Å²) >= 11 is 6.24. The van der Waals surface area contributed by atoms with Crippen molar-refractivity contribution in [3.05, 3.63) is 53.8 Å². The number of halogens is 2. The third-order valence-electron chi connectivity index (χ3n) is 4.59. The number of hydrogen-bond acceptors (Lipinski definition) is 3. The second-order valence-corrected chi connectivity index (χ2v) is 7.46. The van der Waals surface area contributed by atoms with Crippen molar-refractivity contribution in [3.8, 4) is 11.1 Å². The zero-order valence-corrected chi connectivity index (χ0v) is 16.6. The fourth-order valence-electron chi connectivity index (χ4n) is 3.06. The van der Waals surface area contributed by atoms with Crippen molar-refractivity contribution in [1.82, 2.24) is 5.32 Å². The minimum absolute atomic E-state index is 0.0609. The molecule has 0 saturated carbocycles. The fourth-order valence-corrected chi connectivity index (χ4v) is 3.30. The molecule has 1 atom stereocenters. The van der Waals surface area contributed by atoms with E-state index in [-0.39, 0.29) is 23.1 Å². The number of guanidine groups is 1. The second-order valence-electron chi connectivity index (χ2n) is 6.84. The molecule has 0 unspecified atom stereocenters. The number of benzene rings is 2. The van der Waals surface area contributed by atoms with Gasteiger partial charge in [0.2, 0.25) is 0 Å². The topological polar surface area (TPSA) is 106 Å². The first-order valence-corrected chi connectivity index (χ1v) is 9.80. The quantitative estimate of drug-likeness (QED) is 0.267. The van der Waals surface area contributed by atoms with Crippen LogP contribution in [0.2, 0.25) is 0 Å². The van der Waals surface area contributed by atoms with E-state index < -0.39 is 0 Å². The lowest BCUT2D eigenvalue weighted by atomic mass is 10.0. The largest absolute Gasteiger partial charge is 0.370 e. The molecule has 0 saturated heterocycles. The molecule has 2 aromatic rings. The smallest absolute Gasteiger partial charge is 0.266 e. The molecule has 3 rings (SSSR count). The number of hydrogen-bond donors (Lipinski definition) is 3. The number of amides is 1. The number of nitrogens with one attached hydrogen (secondary N) is 1. The Hall–Kier alpha value is -2.93. The predicted octanol–water partition coefficient (Wildman–Crippen LogP) is 2.90. The monoisotopic (exact) mass is 415 g/mol. The summed E-state index contributed by atoms with van der Waals surface area (Å²) in [5.74, 6) is -0.439. The van der Waals surface area contributed by atoms with Gasteiger partial charge in [0.1, 0.15) is 11.5 Å². The van der Waals surface area contributed by atoms with Crippen molar-refractivity contribution in [2.24, 2.45) is 21.5 Å². The molecular weight excluding hydrogens is 393 g/mol. The van der Waals surface area contributed by atoms with Gasteiger partial charge in [-0.1, -0.05) is 24.3 Å². The molecule has 0 radical (unpaired) electrons. The van der Waals surface area contributed by atoms with Crippen LogP contribution in [-0.2, 0) is 11.2 Å². The van der Waals surface area contributed by atoms with Gasteiger partial charge in [0.05, 0.1) is 11.1 Å². The molecule has 1 aliphatic rings. The Kier molecular flexibility index (Phi) is 6.82. The van der Waals surface area contributed by atoms with Gasteiger partial charge in [0, 0.05) is 19.5 Å². The highest BCUT2D eigenvalue weighted by Gasteiger charge is 2.21. The summed E-state index contributed by atoms with van der Waals surface area (Å²) in [6.45, 7) is 0.857. The summed E-state index contributed by atoms with van der Waals surface area (Å²) < 4.78 is 13.1. The molecule has 1 aliphatic heterocycles. The Balaban J connectivity index is 1.55. The van der Waals surface area contributed by atoms with E-state index in [1.54, 1.807) is 12.1 Å². The van der Waals surface area contributed by atoms with Gasteiger partial charge in [-0.05, 0) is 47.7 Å². The summed E-state index contributed by atoms with van der Waals surface area (Å²) in [6, 6.07) is 12.1. The Labute approximate surface area is 173 Å². The van der Waals surface area contributed by atoms with E-state index in [1.165, 1.54) is 12.1 Å². The first kappa shape index (κ1) is 20.8. The number of carbonyl (C=O) groups excluding carboxylic acids is 1. The number of fused-ring (bicyclic) bond motifs is 1. The van der Waals surface area contributed by atoms with Crippen molar-refractivity contribution in [3.63, 3.8) is 0 Å². The molecule has 1 heterocycles. The molecule has 0 fully saturated rings. The maximum atomic E-state index is 13.1. The Bertz CT molecular complexity index is 939. The molecule has 0 bridgehead atoms. The van der Waals surface area contributed by atoms with E-state index >= 15 is 0 Å². The molecule has 2 aromatic carbocycles. The van der Waals surface area contributed by atoms with Gasteiger partial charge in [-0.25, -0.2) is 9.38 Å². The molecule has 5 N–H and O–H groups in total. The summed E-state index contributed by atoms with van der Waals surface area (Å²) in [6.07, 6.45) is 1.90. The summed E-state index contributed by atoms with van der Waals surface area (Å²) in [5.41, 5.74) is 14.6. The lowest BCUT2D eigenvalue weighted by Crippen LogP contribution is -2.35. The van der Waals surface area contributed by atoms with Gasteiger partial charge >= 0.3 is 0 Å². The zero-order chi connectivity index (χ0) is 20.8. The highest BCUT2D eigenvalue weighted by molar-refractivity contribution is 6.41. The van der Waals surface area contributed by atoms with Crippen LogP contribution in [0.1, 0.15) is 18.4 Å². The van der Waals surface area contributed by atoms with Gasteiger partial charge in [-0.3, -0.25) is 9.79 Å². The SMILES string of the molecule is NC(N)=NCCC[C@H](Cl)CNC(=O)C1=Nc2cc(-c3ccc(F)cc3)ccc2C1. The van der Waals surface area contributed by atoms with Gasteiger partial charge in [-0.15, -0.1) is 11.6 Å². The lowest BCUT2D eigenvalue weighted by molar-refractivity contribution is -0.114. The second kappa shape index (κ2) is 9.52. The van der Waals surface area contributed by atoms with Crippen molar-refractivity contribution >= 4 is 34.9 Å². The van der Waals surface area contributed by atoms with Crippen molar-refractivity contribution in [2.45, 2.75) is 24.6 Å². The molecule has 0 aromatic heterocycles. The van der Waals surface area contributed by atoms with Crippen LogP contribution in [-0.4, -0.2) is 36.0 Å². The van der Waals surface area contributed by atoms with E-state index in [2.05, 4.69) is 15.3 Å². The number of nitrogens with two attached hydrogens (primary N) is 2. The molecule has 0 aliphatic carbocycles. The number of rotatable bonds is 8. The molecule has 1 amide bonds. The van der Waals surface area contributed by atoms with E-state index in [0.29, 0.717) is 31.6 Å². The van der Waals surface area contributed by atoms with Crippen LogP contribution < -0.4 is 16.8 Å². The fraction of sp³-hybridized carbons (Fsp3) is 0.286. The van der Waals surface area contributed by atoms with Crippen LogP contribution >= 0.6 is 11.6 Å². The molecule has 29 heavy (non-hydrogen) atoms. The summed E-state index contributed by atoms with van der Waals surface area (Å²) in [4.78, 5) is 20.8. The molecule has 8 heteroatoms. The first-order chi connectivity index (χ1) is 13.9. The summed E-state index contributed by atoms with van der Waals surface area (Å²) in [7, 11) is 0. The Morgan fingerprint density at radius 1 is 1.21 bits per heavy atom. The van der Waals surface area contributed by atoms with Crippen LogP contribution in [0.15, 0.2) is 52.4 Å². The van der Waals surface area contributed by atoms with Crippen LogP contribution in [0.4, 0.5) is 10.1 Å². The minimum atomic E-state index is -0.277. The maximum absolute atomic E-state index is 13.1. The van der Waals surface area contributed by atoms with Crippen LogP contribution in [0.25, 0.3) is 11.1 Å². The van der Waals surface area contributed by atoms with E-state index in [9.17, 15) is 9.18 Å². The normalized spacial score (nSPS) is 13.4. The van der Waals surface area contributed by atoms with E-state index in [1.807, 2.05) is 18.2 Å². The summed E-state index contributed by atoms with van der Waals surface area (Å²) in [5, 5.41) is 2.63. The van der Waals surface area contributed by atoms with Gasteiger partial charge in [0.15, 0.2) is 5.96 Å². The van der Waals surface area contributed by atoms with Gasteiger partial charge < -0.3 is 16.8 Å². The molecular formula is C21H23ClFN5O. The van der Waals surface area contributed by atoms with Crippen LogP contribution in [0.5, 0.6) is 0 Å². The average Bonchev–Trinajstić information content (AvgIpc) is 3.13. The number of nitrogens with zero attached hydrogens (tertiary/aromatic N) is 2. The van der Waals surface area contributed by atoms with Gasteiger partial charge in [-0.2, -0.15) is 0 Å². The predicted molar refractivity (Wildman–Crippen MR) is 115 cm³/mol. The maximum Gasteiger partial charge on any atom is 0.266 e. The number of carbonyl (C=O) groups is 1. The van der Waals surface area contributed by atoms with E-state index in [4.69, 9.17) is 23.1 Å². The number of alkyl halides is 1. The van der Waals surface area contributed by atoms with Crippen molar-refractivity contribution in [2.75, 3.05) is 13.1 Å². The van der Waals surface area contributed by atoms with Crippen molar-refractivity contribution < 1.29 is 9.18 Å². The third kappa shape index (κ3) is 5.77. The Morgan fingerprint density at radius 2 is 1.93 bits per heavy atom. The zero-order valence-electron chi connectivity index (χ0n) is 15.9. The van der Waals surface area contributed by atoms with Gasteiger partial charge in [0.25, 0.3) is 5.91 Å². The first-order valence-electron chi connectivity index (χ1n) is 9.36.